The van der Waals surface area contributed by atoms with Gasteiger partial charge in [0, 0.05) is 0 Å². The van der Waals surface area contributed by atoms with Gasteiger partial charge in [-0.25, -0.2) is 9.78 Å². The van der Waals surface area contributed by atoms with Crippen LogP contribution >= 0.6 is 0 Å². The summed E-state index contributed by atoms with van der Waals surface area (Å²) in [7, 11) is 0. The standard InChI is InChI=1S/C14H20O5/c1-2-6-14-13(5-1)16-7-3-4-8-18-19-12-10-15-9-11-17-14/h1-2,5-6H,3-4,7-12H2. The molecular weight excluding hydrogens is 248 g/mol. The first-order chi connectivity index (χ1) is 9.47. The van der Waals surface area contributed by atoms with Gasteiger partial charge in [0.15, 0.2) is 11.5 Å². The molecule has 5 heteroatoms. The lowest BCUT2D eigenvalue weighted by molar-refractivity contribution is -0.299. The third-order valence-corrected chi connectivity index (χ3v) is 2.61. The molecule has 0 unspecified atom stereocenters. The van der Waals surface area contributed by atoms with E-state index in [1.807, 2.05) is 24.3 Å². The van der Waals surface area contributed by atoms with Crippen molar-refractivity contribution in [2.75, 3.05) is 39.6 Å². The summed E-state index contributed by atoms with van der Waals surface area (Å²) in [4.78, 5) is 9.98. The third-order valence-electron chi connectivity index (χ3n) is 2.61. The van der Waals surface area contributed by atoms with Crippen molar-refractivity contribution in [1.29, 1.82) is 0 Å². The molecule has 1 aliphatic heterocycles. The van der Waals surface area contributed by atoms with Crippen molar-refractivity contribution in [3.05, 3.63) is 24.3 Å². The van der Waals surface area contributed by atoms with Gasteiger partial charge in [-0.1, -0.05) is 12.1 Å². The second-order valence-corrected chi connectivity index (χ2v) is 4.11. The van der Waals surface area contributed by atoms with Crippen molar-refractivity contribution >= 4 is 0 Å². The molecule has 1 aliphatic rings. The van der Waals surface area contributed by atoms with E-state index in [0.717, 1.165) is 24.3 Å². The summed E-state index contributed by atoms with van der Waals surface area (Å²) < 4.78 is 16.7. The van der Waals surface area contributed by atoms with Crippen LogP contribution in [0.4, 0.5) is 0 Å². The molecule has 0 aliphatic carbocycles. The molecule has 1 aromatic rings. The van der Waals surface area contributed by atoms with Crippen LogP contribution in [0.15, 0.2) is 24.3 Å². The Morgan fingerprint density at radius 3 is 2.11 bits per heavy atom. The van der Waals surface area contributed by atoms with Crippen LogP contribution in [0, 0.1) is 0 Å². The number of rotatable bonds is 0. The number of hydrogen-bond acceptors (Lipinski definition) is 5. The zero-order valence-electron chi connectivity index (χ0n) is 11.0. The van der Waals surface area contributed by atoms with Crippen LogP contribution in [0.5, 0.6) is 11.5 Å². The Kier molecular flexibility index (Phi) is 6.49. The minimum atomic E-state index is 0.438. The van der Waals surface area contributed by atoms with Crippen molar-refractivity contribution < 1.29 is 24.0 Å². The van der Waals surface area contributed by atoms with E-state index in [1.165, 1.54) is 0 Å². The zero-order chi connectivity index (χ0) is 13.2. The Bertz CT molecular complexity index is 322. The van der Waals surface area contributed by atoms with E-state index >= 15 is 0 Å². The number of fused-ring (bicyclic) bond motifs is 1. The molecule has 1 heterocycles. The predicted octanol–water partition coefficient (Wildman–Crippen LogP) is 2.20. The van der Waals surface area contributed by atoms with E-state index < -0.39 is 0 Å². The SMILES string of the molecule is c1ccc2c(c1)OCCCCOOCCOCCO2. The van der Waals surface area contributed by atoms with Gasteiger partial charge >= 0.3 is 0 Å². The lowest BCUT2D eigenvalue weighted by Crippen LogP contribution is -2.11. The molecule has 5 nitrogen and oxygen atoms in total. The Labute approximate surface area is 113 Å². The van der Waals surface area contributed by atoms with Crippen molar-refractivity contribution in [2.45, 2.75) is 12.8 Å². The molecule has 0 bridgehead atoms. The molecule has 0 N–H and O–H groups in total. The van der Waals surface area contributed by atoms with Gasteiger partial charge in [-0.05, 0) is 25.0 Å². The lowest BCUT2D eigenvalue weighted by Gasteiger charge is -2.12. The highest BCUT2D eigenvalue weighted by molar-refractivity contribution is 5.39. The van der Waals surface area contributed by atoms with Crippen LogP contribution in [-0.4, -0.2) is 39.6 Å². The number of para-hydroxylation sites is 2. The normalized spacial score (nSPS) is 19.2. The summed E-state index contributed by atoms with van der Waals surface area (Å²) in [6.45, 7) is 3.15. The number of ether oxygens (including phenoxy) is 3. The highest BCUT2D eigenvalue weighted by atomic mass is 17.2. The third kappa shape index (κ3) is 5.46. The Morgan fingerprint density at radius 1 is 0.632 bits per heavy atom. The summed E-state index contributed by atoms with van der Waals surface area (Å²) >= 11 is 0. The first-order valence-corrected chi connectivity index (χ1v) is 6.63. The highest BCUT2D eigenvalue weighted by Gasteiger charge is 2.04. The highest BCUT2D eigenvalue weighted by Crippen LogP contribution is 2.26. The minimum absolute atomic E-state index is 0.438. The van der Waals surface area contributed by atoms with Crippen LogP contribution in [0.1, 0.15) is 12.8 Å². The van der Waals surface area contributed by atoms with Crippen LogP contribution in [-0.2, 0) is 14.5 Å². The van der Waals surface area contributed by atoms with Crippen LogP contribution in [0.3, 0.4) is 0 Å². The summed E-state index contributed by atoms with van der Waals surface area (Å²) in [6.07, 6.45) is 1.80. The van der Waals surface area contributed by atoms with Gasteiger partial charge in [0.2, 0.25) is 0 Å². The summed E-state index contributed by atoms with van der Waals surface area (Å²) in [6, 6.07) is 7.68. The van der Waals surface area contributed by atoms with Gasteiger partial charge in [0.25, 0.3) is 0 Å². The molecular formula is C14H20O5. The fourth-order valence-electron chi connectivity index (χ4n) is 1.66. The molecule has 0 amide bonds. The van der Waals surface area contributed by atoms with Crippen molar-refractivity contribution in [2.24, 2.45) is 0 Å². The molecule has 2 rings (SSSR count). The van der Waals surface area contributed by atoms with Gasteiger partial charge < -0.3 is 14.2 Å². The molecule has 0 saturated carbocycles. The van der Waals surface area contributed by atoms with Crippen molar-refractivity contribution in [1.82, 2.24) is 0 Å². The lowest BCUT2D eigenvalue weighted by atomic mass is 10.3. The first kappa shape index (κ1) is 14.1. The molecule has 0 spiro atoms. The monoisotopic (exact) mass is 268 g/mol. The van der Waals surface area contributed by atoms with E-state index in [1.54, 1.807) is 0 Å². The largest absolute Gasteiger partial charge is 0.490 e. The van der Waals surface area contributed by atoms with Gasteiger partial charge in [0.1, 0.15) is 13.2 Å². The number of hydrogen-bond donors (Lipinski definition) is 0. The van der Waals surface area contributed by atoms with Crippen molar-refractivity contribution in [3.63, 3.8) is 0 Å². The fourth-order valence-corrected chi connectivity index (χ4v) is 1.66. The average Bonchev–Trinajstić information content (AvgIpc) is 2.45. The van der Waals surface area contributed by atoms with E-state index in [-0.39, 0.29) is 0 Å². The molecule has 1 aromatic carbocycles. The maximum absolute atomic E-state index is 5.70. The van der Waals surface area contributed by atoms with Crippen molar-refractivity contribution in [3.8, 4) is 11.5 Å². The minimum Gasteiger partial charge on any atom is -0.490 e. The van der Waals surface area contributed by atoms with Crippen LogP contribution < -0.4 is 9.47 Å². The molecule has 0 saturated heterocycles. The molecule has 0 fully saturated rings. The first-order valence-electron chi connectivity index (χ1n) is 6.63. The maximum atomic E-state index is 5.70. The second kappa shape index (κ2) is 8.74. The molecule has 0 atom stereocenters. The molecule has 106 valence electrons. The molecule has 0 radical (unpaired) electrons. The Balaban J connectivity index is 1.87. The van der Waals surface area contributed by atoms with Gasteiger partial charge in [0.05, 0.1) is 26.4 Å². The average molecular weight is 268 g/mol. The smallest absolute Gasteiger partial charge is 0.161 e. The number of benzene rings is 1. The van der Waals surface area contributed by atoms with E-state index in [2.05, 4.69) is 0 Å². The van der Waals surface area contributed by atoms with Crippen LogP contribution in [0.2, 0.25) is 0 Å². The molecule has 0 aromatic heterocycles. The topological polar surface area (TPSA) is 46.2 Å². The molecule has 19 heavy (non-hydrogen) atoms. The summed E-state index contributed by atoms with van der Waals surface area (Å²) in [5.74, 6) is 1.53. The maximum Gasteiger partial charge on any atom is 0.161 e. The summed E-state index contributed by atoms with van der Waals surface area (Å²) in [5, 5.41) is 0. The van der Waals surface area contributed by atoms with Crippen LogP contribution in [0.25, 0.3) is 0 Å². The van der Waals surface area contributed by atoms with Gasteiger partial charge in [-0.3, -0.25) is 0 Å². The zero-order valence-corrected chi connectivity index (χ0v) is 11.0. The summed E-state index contributed by atoms with van der Waals surface area (Å²) in [5.41, 5.74) is 0. The predicted molar refractivity (Wildman–Crippen MR) is 69.4 cm³/mol. The Hall–Kier alpha value is -1.30. The Morgan fingerprint density at radius 2 is 1.26 bits per heavy atom. The van der Waals surface area contributed by atoms with E-state index in [9.17, 15) is 0 Å². The fraction of sp³-hybridized carbons (Fsp3) is 0.571. The van der Waals surface area contributed by atoms with Gasteiger partial charge in [-0.2, -0.15) is 0 Å². The second-order valence-electron chi connectivity index (χ2n) is 4.11. The van der Waals surface area contributed by atoms with E-state index in [4.69, 9.17) is 24.0 Å². The quantitative estimate of drug-likeness (QED) is 0.675. The van der Waals surface area contributed by atoms with Gasteiger partial charge in [-0.15, -0.1) is 0 Å². The van der Waals surface area contributed by atoms with E-state index in [0.29, 0.717) is 39.6 Å².